The summed E-state index contributed by atoms with van der Waals surface area (Å²) in [6.07, 6.45) is 0. The summed E-state index contributed by atoms with van der Waals surface area (Å²) in [6, 6.07) is 7.95. The van der Waals surface area contributed by atoms with Gasteiger partial charge >= 0.3 is 12.0 Å². The van der Waals surface area contributed by atoms with Crippen LogP contribution in [0.15, 0.2) is 24.3 Å². The van der Waals surface area contributed by atoms with Crippen molar-refractivity contribution in [2.45, 2.75) is 6.92 Å². The second-order valence-corrected chi connectivity index (χ2v) is 3.71. The van der Waals surface area contributed by atoms with Crippen LogP contribution in [0.25, 0.3) is 0 Å². The topological polar surface area (TPSA) is 82.4 Å². The van der Waals surface area contributed by atoms with Gasteiger partial charge in [-0.1, -0.05) is 12.1 Å². The summed E-state index contributed by atoms with van der Waals surface area (Å²) in [5.74, 6) is -0.499. The monoisotopic (exact) mass is 261 g/mol. The molecular weight excluding hydrogens is 246 g/mol. The molecule has 0 aliphatic heterocycles. The minimum Gasteiger partial charge on any atom is -0.462 e. The molecule has 0 spiro atoms. The third kappa shape index (κ3) is 4.00. The van der Waals surface area contributed by atoms with Crippen LogP contribution in [0.1, 0.15) is 17.3 Å². The lowest BCUT2D eigenvalue weighted by Gasteiger charge is -2.16. The van der Waals surface area contributed by atoms with E-state index in [1.165, 1.54) is 11.9 Å². The van der Waals surface area contributed by atoms with Crippen molar-refractivity contribution in [1.82, 2.24) is 4.90 Å². The van der Waals surface area contributed by atoms with Gasteiger partial charge in [0.2, 0.25) is 0 Å². The Kier molecular flexibility index (Phi) is 5.35. The normalized spacial score (nSPS) is 9.32. The van der Waals surface area contributed by atoms with Crippen LogP contribution in [-0.2, 0) is 4.74 Å². The number of anilines is 1. The molecule has 6 nitrogen and oxygen atoms in total. The van der Waals surface area contributed by atoms with Crippen LogP contribution in [0.3, 0.4) is 0 Å². The first-order chi connectivity index (χ1) is 9.10. The molecule has 0 radical (unpaired) electrons. The largest absolute Gasteiger partial charge is 0.462 e. The maximum atomic E-state index is 11.7. The SMILES string of the molecule is CCOC(=O)c1ccccc1NC(=O)N(C)CC#N. The molecule has 0 saturated heterocycles. The third-order valence-corrected chi connectivity index (χ3v) is 2.32. The molecule has 0 atom stereocenters. The molecule has 0 aromatic heterocycles. The fourth-order valence-corrected chi connectivity index (χ4v) is 1.37. The van der Waals surface area contributed by atoms with Gasteiger partial charge < -0.3 is 15.0 Å². The summed E-state index contributed by atoms with van der Waals surface area (Å²) in [6.45, 7) is 1.93. The number of urea groups is 1. The number of benzene rings is 1. The number of hydrogen-bond donors (Lipinski definition) is 1. The molecule has 0 fully saturated rings. The molecule has 6 heteroatoms. The second kappa shape index (κ2) is 7.01. The van der Waals surface area contributed by atoms with Gasteiger partial charge in [0.05, 0.1) is 23.9 Å². The number of carbonyl (C=O) groups is 2. The molecular formula is C13H15N3O3. The van der Waals surface area contributed by atoms with Crippen LogP contribution in [0.2, 0.25) is 0 Å². The Morgan fingerprint density at radius 1 is 1.42 bits per heavy atom. The highest BCUT2D eigenvalue weighted by molar-refractivity contribution is 6.00. The first-order valence-corrected chi connectivity index (χ1v) is 5.75. The summed E-state index contributed by atoms with van der Waals surface area (Å²) in [7, 11) is 1.49. The van der Waals surface area contributed by atoms with E-state index in [2.05, 4.69) is 5.32 Å². The Morgan fingerprint density at radius 2 is 2.11 bits per heavy atom. The highest BCUT2D eigenvalue weighted by Crippen LogP contribution is 2.16. The van der Waals surface area contributed by atoms with E-state index in [-0.39, 0.29) is 18.7 Å². The van der Waals surface area contributed by atoms with Gasteiger partial charge in [0.25, 0.3) is 0 Å². The van der Waals surface area contributed by atoms with Crippen molar-refractivity contribution < 1.29 is 14.3 Å². The Balaban J connectivity index is 2.87. The van der Waals surface area contributed by atoms with Gasteiger partial charge in [-0.25, -0.2) is 9.59 Å². The van der Waals surface area contributed by atoms with Crippen molar-refractivity contribution in [3.05, 3.63) is 29.8 Å². The zero-order valence-corrected chi connectivity index (χ0v) is 10.8. The summed E-state index contributed by atoms with van der Waals surface area (Å²) >= 11 is 0. The summed E-state index contributed by atoms with van der Waals surface area (Å²) in [5.41, 5.74) is 0.638. The molecule has 0 heterocycles. The number of hydrogen-bond acceptors (Lipinski definition) is 4. The maximum Gasteiger partial charge on any atom is 0.340 e. The molecule has 19 heavy (non-hydrogen) atoms. The van der Waals surface area contributed by atoms with E-state index in [4.69, 9.17) is 10.00 Å². The average Bonchev–Trinajstić information content (AvgIpc) is 2.39. The number of amides is 2. The molecule has 2 amide bonds. The molecule has 1 aromatic carbocycles. The van der Waals surface area contributed by atoms with Gasteiger partial charge in [-0.05, 0) is 19.1 Å². The van der Waals surface area contributed by atoms with Crippen molar-refractivity contribution >= 4 is 17.7 Å². The van der Waals surface area contributed by atoms with Gasteiger partial charge in [-0.2, -0.15) is 5.26 Å². The zero-order chi connectivity index (χ0) is 14.3. The lowest BCUT2D eigenvalue weighted by Crippen LogP contribution is -2.32. The van der Waals surface area contributed by atoms with Crippen molar-refractivity contribution in [3.8, 4) is 6.07 Å². The fourth-order valence-electron chi connectivity index (χ4n) is 1.37. The minimum absolute atomic E-state index is 0.0343. The number of esters is 1. The van der Waals surface area contributed by atoms with Crippen LogP contribution in [-0.4, -0.2) is 37.1 Å². The van der Waals surface area contributed by atoms with Crippen LogP contribution in [0, 0.1) is 11.3 Å². The van der Waals surface area contributed by atoms with E-state index < -0.39 is 12.0 Å². The van der Waals surface area contributed by atoms with E-state index in [0.29, 0.717) is 5.69 Å². The average molecular weight is 261 g/mol. The van der Waals surface area contributed by atoms with Crippen molar-refractivity contribution in [3.63, 3.8) is 0 Å². The van der Waals surface area contributed by atoms with Crippen molar-refractivity contribution in [2.24, 2.45) is 0 Å². The molecule has 0 saturated carbocycles. The van der Waals surface area contributed by atoms with Crippen LogP contribution < -0.4 is 5.32 Å². The number of rotatable bonds is 4. The lowest BCUT2D eigenvalue weighted by atomic mass is 10.2. The Bertz CT molecular complexity index is 508. The maximum absolute atomic E-state index is 11.7. The highest BCUT2D eigenvalue weighted by Gasteiger charge is 2.15. The highest BCUT2D eigenvalue weighted by atomic mass is 16.5. The van der Waals surface area contributed by atoms with E-state index in [9.17, 15) is 9.59 Å². The van der Waals surface area contributed by atoms with Crippen molar-refractivity contribution in [2.75, 3.05) is 25.5 Å². The molecule has 0 unspecified atom stereocenters. The number of nitriles is 1. The first kappa shape index (κ1) is 14.5. The van der Waals surface area contributed by atoms with Gasteiger partial charge in [0.15, 0.2) is 0 Å². The number of nitrogens with one attached hydrogen (secondary N) is 1. The number of ether oxygens (including phenoxy) is 1. The Morgan fingerprint density at radius 3 is 2.74 bits per heavy atom. The molecule has 0 aliphatic carbocycles. The van der Waals surface area contributed by atoms with E-state index in [0.717, 1.165) is 0 Å². The number of para-hydroxylation sites is 1. The smallest absolute Gasteiger partial charge is 0.340 e. The number of nitrogens with zero attached hydrogens (tertiary/aromatic N) is 2. The van der Waals surface area contributed by atoms with Crippen LogP contribution >= 0.6 is 0 Å². The van der Waals surface area contributed by atoms with Crippen LogP contribution in [0.5, 0.6) is 0 Å². The molecule has 1 N–H and O–H groups in total. The summed E-state index contributed by atoms with van der Waals surface area (Å²) in [4.78, 5) is 24.7. The summed E-state index contributed by atoms with van der Waals surface area (Å²) in [5, 5.41) is 11.1. The van der Waals surface area contributed by atoms with Gasteiger partial charge in [-0.15, -0.1) is 0 Å². The molecule has 100 valence electrons. The Labute approximate surface area is 111 Å². The molecule has 0 bridgehead atoms. The second-order valence-electron chi connectivity index (χ2n) is 3.71. The first-order valence-electron chi connectivity index (χ1n) is 5.75. The zero-order valence-electron chi connectivity index (χ0n) is 10.8. The predicted molar refractivity (Wildman–Crippen MR) is 69.7 cm³/mol. The molecule has 1 aromatic rings. The quantitative estimate of drug-likeness (QED) is 0.662. The van der Waals surface area contributed by atoms with Gasteiger partial charge in [0, 0.05) is 7.05 Å². The lowest BCUT2D eigenvalue weighted by molar-refractivity contribution is 0.0527. The van der Waals surface area contributed by atoms with E-state index in [1.807, 2.05) is 6.07 Å². The van der Waals surface area contributed by atoms with Crippen LogP contribution in [0.4, 0.5) is 10.5 Å². The summed E-state index contributed by atoms with van der Waals surface area (Å²) < 4.78 is 4.90. The van der Waals surface area contributed by atoms with Crippen molar-refractivity contribution in [1.29, 1.82) is 5.26 Å². The minimum atomic E-state index is -0.499. The van der Waals surface area contributed by atoms with E-state index in [1.54, 1.807) is 31.2 Å². The number of carbonyl (C=O) groups excluding carboxylic acids is 2. The van der Waals surface area contributed by atoms with Gasteiger partial charge in [0.1, 0.15) is 6.54 Å². The van der Waals surface area contributed by atoms with Gasteiger partial charge in [-0.3, -0.25) is 0 Å². The predicted octanol–water partition coefficient (Wildman–Crippen LogP) is 1.85. The van der Waals surface area contributed by atoms with E-state index >= 15 is 0 Å². The molecule has 1 rings (SSSR count). The third-order valence-electron chi connectivity index (χ3n) is 2.32. The Hall–Kier alpha value is -2.55. The molecule has 0 aliphatic rings. The fraction of sp³-hybridized carbons (Fsp3) is 0.308. The standard InChI is InChI=1S/C13H15N3O3/c1-3-19-12(17)10-6-4-5-7-11(10)15-13(18)16(2)9-8-14/h4-7H,3,9H2,1-2H3,(H,15,18).